The van der Waals surface area contributed by atoms with Crippen LogP contribution in [-0.4, -0.2) is 44.4 Å². The predicted octanol–water partition coefficient (Wildman–Crippen LogP) is 3.56. The number of pyridine rings is 1. The fraction of sp³-hybridized carbons (Fsp3) is 0.286. The van der Waals surface area contributed by atoms with Gasteiger partial charge >= 0.3 is 5.97 Å². The Morgan fingerprint density at radius 2 is 2.00 bits per heavy atom. The van der Waals surface area contributed by atoms with E-state index in [4.69, 9.17) is 0 Å². The molecule has 1 aliphatic rings. The van der Waals surface area contributed by atoms with E-state index < -0.39 is 11.9 Å². The highest BCUT2D eigenvalue weighted by Crippen LogP contribution is 2.24. The summed E-state index contributed by atoms with van der Waals surface area (Å²) in [5.41, 5.74) is 2.53. The van der Waals surface area contributed by atoms with Gasteiger partial charge in [-0.05, 0) is 49.2 Å². The summed E-state index contributed by atoms with van der Waals surface area (Å²) in [5.74, 6) is -0.626. The van der Waals surface area contributed by atoms with Gasteiger partial charge in [-0.2, -0.15) is 0 Å². The van der Waals surface area contributed by atoms with Gasteiger partial charge in [0.15, 0.2) is 0 Å². The first kappa shape index (κ1) is 18.6. The Labute approximate surface area is 167 Å². The Balaban J connectivity index is 1.38. The molecule has 0 radical (unpaired) electrons. The van der Waals surface area contributed by atoms with E-state index in [0.29, 0.717) is 25.1 Å². The average molecular weight is 395 g/mol. The van der Waals surface area contributed by atoms with Crippen LogP contribution < -0.4 is 0 Å². The van der Waals surface area contributed by atoms with Gasteiger partial charge in [0.1, 0.15) is 5.65 Å². The van der Waals surface area contributed by atoms with E-state index >= 15 is 0 Å². The maximum absolute atomic E-state index is 12.7. The van der Waals surface area contributed by atoms with Crippen molar-refractivity contribution in [3.8, 4) is 0 Å². The highest BCUT2D eigenvalue weighted by molar-refractivity contribution is 7.98. The molecule has 6 nitrogen and oxygen atoms in total. The monoisotopic (exact) mass is 395 g/mol. The van der Waals surface area contributed by atoms with Crippen molar-refractivity contribution in [1.82, 2.24) is 14.3 Å². The zero-order chi connectivity index (χ0) is 19.5. The van der Waals surface area contributed by atoms with E-state index in [2.05, 4.69) is 4.98 Å². The summed E-state index contributed by atoms with van der Waals surface area (Å²) in [5, 5.41) is 9.20. The fourth-order valence-electron chi connectivity index (χ4n) is 3.45. The topological polar surface area (TPSA) is 74.9 Å². The number of carboxylic acids is 1. The van der Waals surface area contributed by atoms with Crippen molar-refractivity contribution in [2.75, 3.05) is 13.1 Å². The van der Waals surface area contributed by atoms with Crippen molar-refractivity contribution in [2.45, 2.75) is 23.5 Å². The van der Waals surface area contributed by atoms with Crippen LogP contribution in [0.25, 0.3) is 5.65 Å². The minimum atomic E-state index is -0.823. The molecule has 1 aliphatic heterocycles. The third-order valence-corrected chi connectivity index (χ3v) is 6.01. The summed E-state index contributed by atoms with van der Waals surface area (Å²) in [6, 6.07) is 13.4. The second-order valence-corrected chi connectivity index (χ2v) is 7.99. The molecule has 144 valence electrons. The van der Waals surface area contributed by atoms with Crippen LogP contribution in [0.5, 0.6) is 0 Å². The number of amides is 1. The van der Waals surface area contributed by atoms with E-state index in [-0.39, 0.29) is 5.91 Å². The number of fused-ring (bicyclic) bond motifs is 1. The number of carbonyl (C=O) groups excluding carboxylic acids is 1. The van der Waals surface area contributed by atoms with Crippen LogP contribution in [0.1, 0.15) is 28.9 Å². The van der Waals surface area contributed by atoms with Gasteiger partial charge in [-0.25, -0.2) is 4.98 Å². The number of likely N-dealkylation sites (tertiary alicyclic amines) is 1. The van der Waals surface area contributed by atoms with E-state index in [1.807, 2.05) is 59.3 Å². The average Bonchev–Trinajstić information content (AvgIpc) is 3.15. The van der Waals surface area contributed by atoms with Gasteiger partial charge in [0.25, 0.3) is 5.91 Å². The fourth-order valence-corrected chi connectivity index (χ4v) is 4.24. The maximum atomic E-state index is 12.7. The van der Waals surface area contributed by atoms with Gasteiger partial charge in [-0.1, -0.05) is 6.07 Å². The normalized spacial score (nSPS) is 17.0. The minimum absolute atomic E-state index is 0.0946. The molecule has 1 N–H and O–H groups in total. The Kier molecular flexibility index (Phi) is 5.34. The standard InChI is InChI=1S/C21H21N3O3S/c25-20(24-11-3-4-16(12-24)21(26)27)15-6-8-18(9-7-15)28-14-17-13-23-10-2-1-5-19(23)22-17/h1-2,5-10,13,16H,3-4,11-12,14H2,(H,26,27). The highest BCUT2D eigenvalue weighted by atomic mass is 32.2. The molecule has 2 aromatic heterocycles. The lowest BCUT2D eigenvalue weighted by Crippen LogP contribution is -2.42. The summed E-state index contributed by atoms with van der Waals surface area (Å²) in [6.45, 7) is 0.908. The van der Waals surface area contributed by atoms with Gasteiger partial charge in [0.05, 0.1) is 11.6 Å². The number of nitrogens with zero attached hydrogens (tertiary/aromatic N) is 3. The SMILES string of the molecule is O=C(O)C1CCCN(C(=O)c2ccc(SCc3cn4ccccc4n3)cc2)C1. The molecule has 0 saturated carbocycles. The van der Waals surface area contributed by atoms with Crippen molar-refractivity contribution in [2.24, 2.45) is 5.92 Å². The number of aromatic nitrogens is 2. The van der Waals surface area contributed by atoms with Crippen LogP contribution in [0.4, 0.5) is 0 Å². The summed E-state index contributed by atoms with van der Waals surface area (Å²) < 4.78 is 2.00. The van der Waals surface area contributed by atoms with Gasteiger partial charge in [-0.3, -0.25) is 9.59 Å². The highest BCUT2D eigenvalue weighted by Gasteiger charge is 2.28. The first-order chi connectivity index (χ1) is 13.6. The molecule has 3 heterocycles. The molecule has 1 unspecified atom stereocenters. The Morgan fingerprint density at radius 3 is 2.75 bits per heavy atom. The molecule has 0 bridgehead atoms. The quantitative estimate of drug-likeness (QED) is 0.669. The lowest BCUT2D eigenvalue weighted by molar-refractivity contribution is -0.143. The lowest BCUT2D eigenvalue weighted by atomic mass is 9.97. The van der Waals surface area contributed by atoms with Crippen LogP contribution in [0, 0.1) is 5.92 Å². The molecule has 28 heavy (non-hydrogen) atoms. The molecule has 0 aliphatic carbocycles. The van der Waals surface area contributed by atoms with Crippen molar-refractivity contribution < 1.29 is 14.7 Å². The summed E-state index contributed by atoms with van der Waals surface area (Å²) >= 11 is 1.67. The zero-order valence-corrected chi connectivity index (χ0v) is 16.1. The lowest BCUT2D eigenvalue weighted by Gasteiger charge is -2.30. The number of imidazole rings is 1. The summed E-state index contributed by atoms with van der Waals surface area (Å²) in [4.78, 5) is 31.2. The Bertz CT molecular complexity index is 967. The van der Waals surface area contributed by atoms with Crippen LogP contribution in [0.3, 0.4) is 0 Å². The van der Waals surface area contributed by atoms with Gasteiger partial charge in [0.2, 0.25) is 0 Å². The van der Waals surface area contributed by atoms with E-state index in [9.17, 15) is 14.7 Å². The Hall–Kier alpha value is -2.80. The van der Waals surface area contributed by atoms with Crippen molar-refractivity contribution in [3.05, 3.63) is 66.1 Å². The van der Waals surface area contributed by atoms with Crippen LogP contribution in [-0.2, 0) is 10.5 Å². The number of thioether (sulfide) groups is 1. The van der Waals surface area contributed by atoms with Crippen molar-refractivity contribution in [1.29, 1.82) is 0 Å². The maximum Gasteiger partial charge on any atom is 0.308 e. The molecular weight excluding hydrogens is 374 g/mol. The number of aliphatic carboxylic acids is 1. The predicted molar refractivity (Wildman–Crippen MR) is 107 cm³/mol. The smallest absolute Gasteiger partial charge is 0.308 e. The molecule has 1 amide bonds. The third kappa shape index (κ3) is 4.04. The molecule has 1 atom stereocenters. The van der Waals surface area contributed by atoms with Gasteiger partial charge in [0, 0.05) is 41.7 Å². The third-order valence-electron chi connectivity index (χ3n) is 4.96. The van der Waals surface area contributed by atoms with Gasteiger partial charge in [-0.15, -0.1) is 11.8 Å². The second-order valence-electron chi connectivity index (χ2n) is 6.94. The first-order valence-corrected chi connectivity index (χ1v) is 10.3. The van der Waals surface area contributed by atoms with Crippen LogP contribution in [0.15, 0.2) is 59.8 Å². The molecule has 4 rings (SSSR count). The number of hydrogen-bond donors (Lipinski definition) is 1. The zero-order valence-electron chi connectivity index (χ0n) is 15.3. The molecule has 7 heteroatoms. The van der Waals surface area contributed by atoms with Gasteiger partial charge < -0.3 is 14.4 Å². The number of rotatable bonds is 5. The molecule has 1 fully saturated rings. The Morgan fingerprint density at radius 1 is 1.18 bits per heavy atom. The van der Waals surface area contributed by atoms with E-state index in [1.165, 1.54) is 0 Å². The number of carbonyl (C=O) groups is 2. The number of benzene rings is 1. The molecule has 3 aromatic rings. The van der Waals surface area contributed by atoms with E-state index in [1.54, 1.807) is 16.7 Å². The second kappa shape index (κ2) is 8.06. The summed E-state index contributed by atoms with van der Waals surface area (Å²) in [7, 11) is 0. The number of carboxylic acid groups (broad SMARTS) is 1. The summed E-state index contributed by atoms with van der Waals surface area (Å²) in [6.07, 6.45) is 5.37. The van der Waals surface area contributed by atoms with Crippen LogP contribution in [0.2, 0.25) is 0 Å². The molecular formula is C21H21N3O3S. The van der Waals surface area contributed by atoms with Crippen molar-refractivity contribution in [3.63, 3.8) is 0 Å². The molecule has 1 aromatic carbocycles. The van der Waals surface area contributed by atoms with E-state index in [0.717, 1.165) is 28.4 Å². The number of piperidine rings is 1. The molecule has 1 saturated heterocycles. The molecule has 0 spiro atoms. The van der Waals surface area contributed by atoms with Crippen LogP contribution >= 0.6 is 11.8 Å². The largest absolute Gasteiger partial charge is 0.481 e. The first-order valence-electron chi connectivity index (χ1n) is 9.28. The minimum Gasteiger partial charge on any atom is -0.481 e. The van der Waals surface area contributed by atoms with Crippen molar-refractivity contribution >= 4 is 29.3 Å². The number of hydrogen-bond acceptors (Lipinski definition) is 4.